The molecule has 2 aromatic heterocycles. The molecule has 1 saturated heterocycles. The number of hydrogen-bond donors (Lipinski definition) is 1. The molecule has 1 aliphatic rings. The molecule has 0 aromatic carbocycles. The molecule has 0 unspecified atom stereocenters. The van der Waals surface area contributed by atoms with Crippen LogP contribution in [0.2, 0.25) is 0 Å². The minimum atomic E-state index is -3.14. The number of nitrogen functional groups attached to an aromatic ring is 1. The van der Waals surface area contributed by atoms with Crippen LogP contribution in [0, 0.1) is 0 Å². The van der Waals surface area contributed by atoms with E-state index >= 15 is 0 Å². The Kier molecular flexibility index (Phi) is 3.82. The molecule has 0 amide bonds. The third-order valence-corrected chi connectivity index (χ3v) is 6.15. The summed E-state index contributed by atoms with van der Waals surface area (Å²) in [4.78, 5) is 4.66. The molecule has 1 aliphatic heterocycles. The van der Waals surface area contributed by atoms with Crippen molar-refractivity contribution in [1.29, 1.82) is 0 Å². The first-order chi connectivity index (χ1) is 10.4. The first-order valence-corrected chi connectivity index (χ1v) is 9.10. The van der Waals surface area contributed by atoms with Gasteiger partial charge < -0.3 is 5.73 Å². The molecule has 3 rings (SSSR count). The fraction of sp³-hybridized carbons (Fsp3) is 0.571. The standard InChI is InChI=1S/C14H21N5O2S/c1-3-22(20,21)19-8-4-5-10(9-19)12-7-6-11-13(15)17-18(2)14(11)16-12/h6-7,10H,3-5,8-9H2,1-2H3,(H2,15,17)/t10-/m0/s1. The number of piperidine rings is 1. The lowest BCUT2D eigenvalue weighted by Crippen LogP contribution is -2.40. The highest BCUT2D eigenvalue weighted by atomic mass is 32.2. The highest BCUT2D eigenvalue weighted by Crippen LogP contribution is 2.29. The lowest BCUT2D eigenvalue weighted by Gasteiger charge is -2.31. The van der Waals surface area contributed by atoms with Crippen molar-refractivity contribution >= 4 is 26.9 Å². The Hall–Kier alpha value is -1.67. The van der Waals surface area contributed by atoms with E-state index in [1.165, 1.54) is 0 Å². The van der Waals surface area contributed by atoms with Gasteiger partial charge in [0.2, 0.25) is 10.0 Å². The van der Waals surface area contributed by atoms with E-state index in [4.69, 9.17) is 5.73 Å². The molecule has 120 valence electrons. The fourth-order valence-electron chi connectivity index (χ4n) is 3.02. The summed E-state index contributed by atoms with van der Waals surface area (Å²) in [6.07, 6.45) is 1.80. The highest BCUT2D eigenvalue weighted by molar-refractivity contribution is 7.89. The molecule has 1 atom stereocenters. The number of aryl methyl sites for hydroxylation is 1. The molecule has 0 radical (unpaired) electrons. The number of hydrogen-bond acceptors (Lipinski definition) is 5. The minimum Gasteiger partial charge on any atom is -0.382 e. The van der Waals surface area contributed by atoms with E-state index in [1.807, 2.05) is 19.2 Å². The summed E-state index contributed by atoms with van der Waals surface area (Å²) in [5.74, 6) is 0.732. The average molecular weight is 323 g/mol. The smallest absolute Gasteiger partial charge is 0.213 e. The zero-order chi connectivity index (χ0) is 15.9. The number of nitrogens with two attached hydrogens (primary N) is 1. The number of fused-ring (bicyclic) bond motifs is 1. The van der Waals surface area contributed by atoms with Gasteiger partial charge in [-0.3, -0.25) is 0 Å². The van der Waals surface area contributed by atoms with Crippen LogP contribution in [0.15, 0.2) is 12.1 Å². The lowest BCUT2D eigenvalue weighted by atomic mass is 9.95. The second kappa shape index (κ2) is 5.51. The van der Waals surface area contributed by atoms with Crippen LogP contribution in [0.5, 0.6) is 0 Å². The van der Waals surface area contributed by atoms with Crippen molar-refractivity contribution in [3.8, 4) is 0 Å². The van der Waals surface area contributed by atoms with Gasteiger partial charge in [-0.1, -0.05) is 0 Å². The fourth-order valence-corrected chi connectivity index (χ4v) is 4.20. The monoisotopic (exact) mass is 323 g/mol. The van der Waals surface area contributed by atoms with Crippen LogP contribution in [-0.2, 0) is 17.1 Å². The summed E-state index contributed by atoms with van der Waals surface area (Å²) in [5.41, 5.74) is 7.49. The van der Waals surface area contributed by atoms with Gasteiger partial charge in [-0.05, 0) is 31.9 Å². The molecule has 0 spiro atoms. The van der Waals surface area contributed by atoms with E-state index in [0.29, 0.717) is 18.9 Å². The molecule has 8 heteroatoms. The quantitative estimate of drug-likeness (QED) is 0.912. The highest BCUT2D eigenvalue weighted by Gasteiger charge is 2.29. The summed E-state index contributed by atoms with van der Waals surface area (Å²) < 4.78 is 27.4. The normalized spacial score (nSPS) is 20.5. The molecular formula is C14H21N5O2S. The van der Waals surface area contributed by atoms with Gasteiger partial charge in [0.1, 0.15) is 0 Å². The van der Waals surface area contributed by atoms with E-state index in [1.54, 1.807) is 15.9 Å². The third kappa shape index (κ3) is 2.56. The zero-order valence-electron chi connectivity index (χ0n) is 12.9. The van der Waals surface area contributed by atoms with Crippen LogP contribution >= 0.6 is 0 Å². The van der Waals surface area contributed by atoms with Gasteiger partial charge in [0, 0.05) is 31.7 Å². The van der Waals surface area contributed by atoms with E-state index in [9.17, 15) is 8.42 Å². The van der Waals surface area contributed by atoms with Crippen molar-refractivity contribution in [1.82, 2.24) is 19.1 Å². The molecule has 7 nitrogen and oxygen atoms in total. The molecule has 2 N–H and O–H groups in total. The maximum Gasteiger partial charge on any atom is 0.213 e. The van der Waals surface area contributed by atoms with Gasteiger partial charge in [0.15, 0.2) is 11.5 Å². The predicted molar refractivity (Wildman–Crippen MR) is 85.9 cm³/mol. The van der Waals surface area contributed by atoms with Crippen LogP contribution in [0.4, 0.5) is 5.82 Å². The molecule has 0 bridgehead atoms. The second-order valence-electron chi connectivity index (χ2n) is 5.71. The van der Waals surface area contributed by atoms with Crippen LogP contribution in [-0.4, -0.2) is 46.3 Å². The second-order valence-corrected chi connectivity index (χ2v) is 7.97. The van der Waals surface area contributed by atoms with Gasteiger partial charge in [-0.15, -0.1) is 0 Å². The molecule has 3 heterocycles. The summed E-state index contributed by atoms with van der Waals surface area (Å²) in [6, 6.07) is 3.86. The summed E-state index contributed by atoms with van der Waals surface area (Å²) >= 11 is 0. The Balaban J connectivity index is 1.92. The summed E-state index contributed by atoms with van der Waals surface area (Å²) in [7, 11) is -1.33. The summed E-state index contributed by atoms with van der Waals surface area (Å²) in [5, 5.41) is 5.00. The van der Waals surface area contributed by atoms with Crippen molar-refractivity contribution in [3.05, 3.63) is 17.8 Å². The molecule has 0 saturated carbocycles. The molecule has 22 heavy (non-hydrogen) atoms. The third-order valence-electron chi connectivity index (χ3n) is 4.30. The molecule has 1 fully saturated rings. The van der Waals surface area contributed by atoms with E-state index in [-0.39, 0.29) is 11.7 Å². The molecule has 0 aliphatic carbocycles. The number of pyridine rings is 1. The number of aromatic nitrogens is 3. The number of sulfonamides is 1. The predicted octanol–water partition coefficient (Wildman–Crippen LogP) is 1.08. The number of anilines is 1. The largest absolute Gasteiger partial charge is 0.382 e. The SMILES string of the molecule is CCS(=O)(=O)N1CCC[C@H](c2ccc3c(N)nn(C)c3n2)C1. The van der Waals surface area contributed by atoms with Gasteiger partial charge >= 0.3 is 0 Å². The van der Waals surface area contributed by atoms with Crippen molar-refractivity contribution in [2.24, 2.45) is 7.05 Å². The van der Waals surface area contributed by atoms with Crippen molar-refractivity contribution in [3.63, 3.8) is 0 Å². The van der Waals surface area contributed by atoms with Crippen LogP contribution in [0.3, 0.4) is 0 Å². The lowest BCUT2D eigenvalue weighted by molar-refractivity contribution is 0.313. The van der Waals surface area contributed by atoms with Gasteiger partial charge in [0.05, 0.1) is 11.1 Å². The van der Waals surface area contributed by atoms with E-state index < -0.39 is 10.0 Å². The maximum atomic E-state index is 12.1. The molecular weight excluding hydrogens is 302 g/mol. The van der Waals surface area contributed by atoms with Crippen molar-refractivity contribution in [2.45, 2.75) is 25.7 Å². The van der Waals surface area contributed by atoms with Crippen molar-refractivity contribution < 1.29 is 8.42 Å². The van der Waals surface area contributed by atoms with Gasteiger partial charge in [0.25, 0.3) is 0 Å². The Morgan fingerprint density at radius 3 is 2.91 bits per heavy atom. The van der Waals surface area contributed by atoms with Crippen LogP contribution < -0.4 is 5.73 Å². The Bertz CT molecular complexity index is 799. The zero-order valence-corrected chi connectivity index (χ0v) is 13.7. The average Bonchev–Trinajstić information content (AvgIpc) is 2.82. The topological polar surface area (TPSA) is 94.1 Å². The maximum absolute atomic E-state index is 12.1. The van der Waals surface area contributed by atoms with Crippen LogP contribution in [0.1, 0.15) is 31.4 Å². The Labute approximate surface area is 130 Å². The molecule has 2 aromatic rings. The Morgan fingerprint density at radius 1 is 1.41 bits per heavy atom. The Morgan fingerprint density at radius 2 is 2.18 bits per heavy atom. The van der Waals surface area contributed by atoms with Gasteiger partial charge in [-0.25, -0.2) is 22.4 Å². The number of rotatable bonds is 3. The first kappa shape index (κ1) is 15.2. The van der Waals surface area contributed by atoms with Crippen molar-refractivity contribution in [2.75, 3.05) is 24.6 Å². The first-order valence-electron chi connectivity index (χ1n) is 7.49. The number of nitrogens with zero attached hydrogens (tertiary/aromatic N) is 4. The van der Waals surface area contributed by atoms with Gasteiger partial charge in [-0.2, -0.15) is 5.10 Å². The summed E-state index contributed by atoms with van der Waals surface area (Å²) in [6.45, 7) is 2.79. The van der Waals surface area contributed by atoms with E-state index in [0.717, 1.165) is 29.6 Å². The minimum absolute atomic E-state index is 0.121. The van der Waals surface area contributed by atoms with Crippen LogP contribution in [0.25, 0.3) is 11.0 Å². The van der Waals surface area contributed by atoms with E-state index in [2.05, 4.69) is 10.1 Å².